The molecule has 3 N–H and O–H groups in total. The molecule has 5 nitrogen and oxygen atoms in total. The predicted octanol–water partition coefficient (Wildman–Crippen LogP) is 2.56. The van der Waals surface area contributed by atoms with E-state index in [0.717, 1.165) is 5.56 Å². The fraction of sp³-hybridized carbons (Fsp3) is 0.154. The Hall–Kier alpha value is -1.63. The molecule has 0 saturated carbocycles. The van der Waals surface area contributed by atoms with Crippen LogP contribution in [0.3, 0.4) is 0 Å². The molecule has 2 aromatic rings. The van der Waals surface area contributed by atoms with Crippen LogP contribution in [-0.2, 0) is 10.0 Å². The molecule has 0 fully saturated rings. The van der Waals surface area contributed by atoms with E-state index in [4.69, 9.17) is 16.7 Å². The second kappa shape index (κ2) is 5.78. The van der Waals surface area contributed by atoms with Crippen molar-refractivity contribution in [1.29, 1.82) is 0 Å². The first-order chi connectivity index (χ1) is 9.38. The highest BCUT2D eigenvalue weighted by Gasteiger charge is 2.12. The van der Waals surface area contributed by atoms with Crippen LogP contribution >= 0.6 is 11.6 Å². The number of benzene rings is 1. The molecule has 0 amide bonds. The molecule has 0 bridgehead atoms. The van der Waals surface area contributed by atoms with E-state index in [2.05, 4.69) is 10.3 Å². The molecule has 0 aliphatic carbocycles. The molecule has 0 aliphatic rings. The summed E-state index contributed by atoms with van der Waals surface area (Å²) >= 11 is 5.97. The molecular formula is C13H14ClN3O2S. The summed E-state index contributed by atoms with van der Waals surface area (Å²) in [5.74, 6) is 0. The van der Waals surface area contributed by atoms with Crippen molar-refractivity contribution in [2.75, 3.05) is 5.32 Å². The Kier molecular flexibility index (Phi) is 4.27. The van der Waals surface area contributed by atoms with Gasteiger partial charge in [-0.15, -0.1) is 0 Å². The number of nitrogens with one attached hydrogen (secondary N) is 1. The number of primary sulfonamides is 1. The molecular weight excluding hydrogens is 298 g/mol. The maximum absolute atomic E-state index is 11.3. The van der Waals surface area contributed by atoms with Crippen LogP contribution in [0.1, 0.15) is 18.5 Å². The van der Waals surface area contributed by atoms with Crippen molar-refractivity contribution in [2.24, 2.45) is 5.14 Å². The van der Waals surface area contributed by atoms with Crippen LogP contribution in [-0.4, -0.2) is 13.4 Å². The van der Waals surface area contributed by atoms with Gasteiger partial charge in [-0.3, -0.25) is 0 Å². The van der Waals surface area contributed by atoms with Gasteiger partial charge in [-0.1, -0.05) is 23.7 Å². The van der Waals surface area contributed by atoms with Crippen molar-refractivity contribution in [3.05, 3.63) is 53.3 Å². The molecule has 0 saturated heterocycles. The maximum Gasteiger partial charge on any atom is 0.238 e. The minimum atomic E-state index is -3.71. The van der Waals surface area contributed by atoms with Crippen molar-refractivity contribution >= 4 is 27.3 Å². The number of halogens is 1. The maximum atomic E-state index is 11.3. The highest BCUT2D eigenvalue weighted by atomic mass is 35.5. The summed E-state index contributed by atoms with van der Waals surface area (Å²) < 4.78 is 22.7. The van der Waals surface area contributed by atoms with Crippen molar-refractivity contribution in [3.8, 4) is 0 Å². The first-order valence-electron chi connectivity index (χ1n) is 5.88. The average molecular weight is 312 g/mol. The van der Waals surface area contributed by atoms with Gasteiger partial charge in [0.15, 0.2) is 5.15 Å². The Bertz CT molecular complexity index is 719. The first kappa shape index (κ1) is 14.8. The molecule has 1 aromatic heterocycles. The van der Waals surface area contributed by atoms with Gasteiger partial charge in [0.25, 0.3) is 0 Å². The Morgan fingerprint density at radius 1 is 1.30 bits per heavy atom. The summed E-state index contributed by atoms with van der Waals surface area (Å²) in [6, 6.07) is 9.89. The van der Waals surface area contributed by atoms with Gasteiger partial charge in [-0.05, 0) is 36.8 Å². The largest absolute Gasteiger partial charge is 0.376 e. The molecule has 0 aliphatic heterocycles. The van der Waals surface area contributed by atoms with Gasteiger partial charge in [-0.25, -0.2) is 18.5 Å². The highest BCUT2D eigenvalue weighted by molar-refractivity contribution is 7.89. The fourth-order valence-electron chi connectivity index (χ4n) is 1.77. The van der Waals surface area contributed by atoms with Crippen LogP contribution < -0.4 is 10.5 Å². The van der Waals surface area contributed by atoms with Crippen LogP contribution in [0, 0.1) is 0 Å². The first-order valence-corrected chi connectivity index (χ1v) is 7.80. The summed E-state index contributed by atoms with van der Waals surface area (Å²) in [5, 5.41) is 8.66. The SMILES string of the molecule is CC(Nc1cccnc1Cl)c1cccc(S(N)(=O)=O)c1. The molecule has 0 spiro atoms. The fourth-order valence-corrected chi connectivity index (χ4v) is 2.51. The van der Waals surface area contributed by atoms with E-state index < -0.39 is 10.0 Å². The molecule has 20 heavy (non-hydrogen) atoms. The van der Waals surface area contributed by atoms with E-state index in [0.29, 0.717) is 10.8 Å². The van der Waals surface area contributed by atoms with Crippen LogP contribution in [0.5, 0.6) is 0 Å². The lowest BCUT2D eigenvalue weighted by Crippen LogP contribution is -2.13. The normalized spacial score (nSPS) is 12.9. The van der Waals surface area contributed by atoms with Gasteiger partial charge in [-0.2, -0.15) is 0 Å². The lowest BCUT2D eigenvalue weighted by molar-refractivity contribution is 0.597. The lowest BCUT2D eigenvalue weighted by atomic mass is 10.1. The highest BCUT2D eigenvalue weighted by Crippen LogP contribution is 2.25. The van der Waals surface area contributed by atoms with Crippen LogP contribution in [0.25, 0.3) is 0 Å². The third kappa shape index (κ3) is 3.47. The van der Waals surface area contributed by atoms with E-state index in [1.54, 1.807) is 24.4 Å². The zero-order chi connectivity index (χ0) is 14.8. The zero-order valence-corrected chi connectivity index (χ0v) is 12.3. The monoisotopic (exact) mass is 311 g/mol. The van der Waals surface area contributed by atoms with E-state index in [-0.39, 0.29) is 10.9 Å². The Morgan fingerprint density at radius 2 is 2.05 bits per heavy atom. The third-order valence-corrected chi connectivity index (χ3v) is 4.03. The second-order valence-corrected chi connectivity index (χ2v) is 6.24. The van der Waals surface area contributed by atoms with E-state index in [1.807, 2.05) is 13.0 Å². The molecule has 0 radical (unpaired) electrons. The number of anilines is 1. The third-order valence-electron chi connectivity index (χ3n) is 2.82. The lowest BCUT2D eigenvalue weighted by Gasteiger charge is -2.16. The Labute approximate surface area is 122 Å². The minimum Gasteiger partial charge on any atom is -0.376 e. The molecule has 7 heteroatoms. The predicted molar refractivity (Wildman–Crippen MR) is 79.1 cm³/mol. The smallest absolute Gasteiger partial charge is 0.238 e. The van der Waals surface area contributed by atoms with Gasteiger partial charge in [0.2, 0.25) is 10.0 Å². The molecule has 2 rings (SSSR count). The van der Waals surface area contributed by atoms with E-state index >= 15 is 0 Å². The number of sulfonamides is 1. The van der Waals surface area contributed by atoms with Crippen LogP contribution in [0.4, 0.5) is 5.69 Å². The van der Waals surface area contributed by atoms with Crippen LogP contribution in [0.2, 0.25) is 5.15 Å². The van der Waals surface area contributed by atoms with E-state index in [9.17, 15) is 8.42 Å². The number of hydrogen-bond acceptors (Lipinski definition) is 4. The zero-order valence-electron chi connectivity index (χ0n) is 10.7. The van der Waals surface area contributed by atoms with Crippen molar-refractivity contribution < 1.29 is 8.42 Å². The standard InChI is InChI=1S/C13H14ClN3O2S/c1-9(17-12-6-3-7-16-13(12)14)10-4-2-5-11(8-10)20(15,18)19/h2-9,17H,1H3,(H2,15,18,19). The number of hydrogen-bond donors (Lipinski definition) is 2. The Morgan fingerprint density at radius 3 is 2.70 bits per heavy atom. The molecule has 1 aromatic carbocycles. The summed E-state index contributed by atoms with van der Waals surface area (Å²) in [6.07, 6.45) is 1.60. The van der Waals surface area contributed by atoms with E-state index in [1.165, 1.54) is 12.1 Å². The Balaban J connectivity index is 2.26. The number of nitrogens with zero attached hydrogens (tertiary/aromatic N) is 1. The topological polar surface area (TPSA) is 85.1 Å². The molecule has 106 valence electrons. The second-order valence-electron chi connectivity index (χ2n) is 4.33. The van der Waals surface area contributed by atoms with Crippen molar-refractivity contribution in [2.45, 2.75) is 17.9 Å². The molecule has 1 atom stereocenters. The van der Waals surface area contributed by atoms with Crippen LogP contribution in [0.15, 0.2) is 47.5 Å². The number of rotatable bonds is 4. The van der Waals surface area contributed by atoms with Crippen molar-refractivity contribution in [3.63, 3.8) is 0 Å². The minimum absolute atomic E-state index is 0.0842. The summed E-state index contributed by atoms with van der Waals surface area (Å²) in [6.45, 7) is 1.89. The van der Waals surface area contributed by atoms with Gasteiger partial charge in [0.1, 0.15) is 0 Å². The number of nitrogens with two attached hydrogens (primary N) is 1. The van der Waals surface area contributed by atoms with Gasteiger partial charge < -0.3 is 5.32 Å². The molecule has 1 unspecified atom stereocenters. The van der Waals surface area contributed by atoms with Gasteiger partial charge in [0, 0.05) is 12.2 Å². The number of pyridine rings is 1. The summed E-state index contributed by atoms with van der Waals surface area (Å²) in [4.78, 5) is 4.05. The molecule has 1 heterocycles. The van der Waals surface area contributed by atoms with Gasteiger partial charge in [0.05, 0.1) is 10.6 Å². The number of aromatic nitrogens is 1. The van der Waals surface area contributed by atoms with Crippen molar-refractivity contribution in [1.82, 2.24) is 4.98 Å². The van der Waals surface area contributed by atoms with Gasteiger partial charge >= 0.3 is 0 Å². The average Bonchev–Trinajstić information content (AvgIpc) is 2.40. The quantitative estimate of drug-likeness (QED) is 0.850. The summed E-state index contributed by atoms with van der Waals surface area (Å²) in [5.41, 5.74) is 1.47. The summed E-state index contributed by atoms with van der Waals surface area (Å²) in [7, 11) is -3.71.